The predicted octanol–water partition coefficient (Wildman–Crippen LogP) is -0.732. The fraction of sp³-hybridized carbons (Fsp3) is 0.600. The number of aliphatic carboxylic acids is 1. The van der Waals surface area contributed by atoms with E-state index in [1.165, 1.54) is 11.8 Å². The summed E-state index contributed by atoms with van der Waals surface area (Å²) in [6, 6.07) is 0. The van der Waals surface area contributed by atoms with Gasteiger partial charge < -0.3 is 10.4 Å². The van der Waals surface area contributed by atoms with Gasteiger partial charge in [-0.25, -0.2) is 4.99 Å². The van der Waals surface area contributed by atoms with Gasteiger partial charge in [0.05, 0.1) is 19.1 Å². The quantitative estimate of drug-likeness (QED) is 0.516. The summed E-state index contributed by atoms with van der Waals surface area (Å²) in [7, 11) is 0. The van der Waals surface area contributed by atoms with Crippen LogP contribution >= 0.6 is 11.8 Å². The summed E-state index contributed by atoms with van der Waals surface area (Å²) < 4.78 is 0. The first kappa shape index (κ1) is 8.35. The molecule has 1 aliphatic rings. The average molecular weight is 175 g/mol. The van der Waals surface area contributed by atoms with Crippen molar-refractivity contribution in [2.24, 2.45) is 4.99 Å². The summed E-state index contributed by atoms with van der Waals surface area (Å²) >= 11 is 1.20. The molecule has 0 aromatic rings. The van der Waals surface area contributed by atoms with Gasteiger partial charge in [-0.1, -0.05) is 11.8 Å². The van der Waals surface area contributed by atoms with Crippen LogP contribution in [0.25, 0.3) is 0 Å². The molecule has 0 amide bonds. The summed E-state index contributed by atoms with van der Waals surface area (Å²) in [5.74, 6) is -0.760. The zero-order chi connectivity index (χ0) is 8.10. The molecule has 0 fully saturated rings. The van der Waals surface area contributed by atoms with Crippen molar-refractivity contribution in [1.29, 1.82) is 0 Å². The molecule has 0 saturated heterocycles. The number of carboxylic acid groups (broad SMARTS) is 1. The number of nitrogens with zero attached hydrogens (tertiary/aromatic N) is 1. The molecule has 0 radical (unpaired) electrons. The standard InChI is InChI=1S/C5H9N3O2S/c9-4(10)1-11-5-7-2-6-3-8-5/h6H,1-3H2,(H,7,8)(H,9,10). The molecule has 1 rings (SSSR count). The number of rotatable bonds is 2. The van der Waals surface area contributed by atoms with Gasteiger partial charge in [0.2, 0.25) is 0 Å². The number of hydrogen-bond donors (Lipinski definition) is 3. The lowest BCUT2D eigenvalue weighted by atomic mass is 10.8. The third-order valence-corrected chi connectivity index (χ3v) is 1.97. The van der Waals surface area contributed by atoms with Crippen molar-refractivity contribution in [3.8, 4) is 0 Å². The predicted molar refractivity (Wildman–Crippen MR) is 43.5 cm³/mol. The topological polar surface area (TPSA) is 73.7 Å². The highest BCUT2D eigenvalue weighted by Gasteiger charge is 2.05. The number of nitrogens with one attached hydrogen (secondary N) is 2. The van der Waals surface area contributed by atoms with Crippen LogP contribution in [0.5, 0.6) is 0 Å². The van der Waals surface area contributed by atoms with Crippen LogP contribution < -0.4 is 10.6 Å². The van der Waals surface area contributed by atoms with Gasteiger partial charge in [-0.2, -0.15) is 0 Å². The summed E-state index contributed by atoms with van der Waals surface area (Å²) in [5.41, 5.74) is 0. The van der Waals surface area contributed by atoms with Crippen LogP contribution in [0.4, 0.5) is 0 Å². The van der Waals surface area contributed by atoms with Crippen molar-refractivity contribution in [3.63, 3.8) is 0 Å². The third-order valence-electron chi connectivity index (χ3n) is 1.03. The maximum atomic E-state index is 10.1. The second-order valence-corrected chi connectivity index (χ2v) is 2.87. The molecule has 1 heterocycles. The van der Waals surface area contributed by atoms with Crippen molar-refractivity contribution in [3.05, 3.63) is 0 Å². The van der Waals surface area contributed by atoms with E-state index < -0.39 is 5.97 Å². The number of thioether (sulfide) groups is 1. The minimum Gasteiger partial charge on any atom is -0.481 e. The lowest BCUT2D eigenvalue weighted by Crippen LogP contribution is -2.38. The van der Waals surface area contributed by atoms with E-state index in [0.29, 0.717) is 18.5 Å². The van der Waals surface area contributed by atoms with Crippen molar-refractivity contribution >= 4 is 22.9 Å². The van der Waals surface area contributed by atoms with Crippen molar-refractivity contribution in [2.75, 3.05) is 19.1 Å². The zero-order valence-electron chi connectivity index (χ0n) is 5.83. The van der Waals surface area contributed by atoms with E-state index in [1.54, 1.807) is 0 Å². The second kappa shape index (κ2) is 4.20. The molecule has 0 spiro atoms. The van der Waals surface area contributed by atoms with Crippen LogP contribution in [-0.4, -0.2) is 35.3 Å². The smallest absolute Gasteiger partial charge is 0.313 e. The molecule has 11 heavy (non-hydrogen) atoms. The maximum Gasteiger partial charge on any atom is 0.313 e. The highest BCUT2D eigenvalue weighted by molar-refractivity contribution is 8.14. The van der Waals surface area contributed by atoms with Gasteiger partial charge in [0.1, 0.15) is 0 Å². The van der Waals surface area contributed by atoms with Crippen molar-refractivity contribution in [1.82, 2.24) is 10.6 Å². The van der Waals surface area contributed by atoms with Gasteiger partial charge in [-0.05, 0) is 0 Å². The van der Waals surface area contributed by atoms with Gasteiger partial charge in [0, 0.05) is 0 Å². The summed E-state index contributed by atoms with van der Waals surface area (Å²) in [5, 5.41) is 14.9. The van der Waals surface area contributed by atoms with E-state index in [0.717, 1.165) is 0 Å². The first-order chi connectivity index (χ1) is 5.29. The van der Waals surface area contributed by atoms with E-state index in [4.69, 9.17) is 5.11 Å². The zero-order valence-corrected chi connectivity index (χ0v) is 6.65. The van der Waals surface area contributed by atoms with Gasteiger partial charge in [0.15, 0.2) is 5.17 Å². The largest absolute Gasteiger partial charge is 0.481 e. The molecule has 6 heteroatoms. The van der Waals surface area contributed by atoms with Crippen LogP contribution in [0, 0.1) is 0 Å². The lowest BCUT2D eigenvalue weighted by Gasteiger charge is -2.13. The summed E-state index contributed by atoms with van der Waals surface area (Å²) in [6.07, 6.45) is 0. The molecule has 0 aliphatic carbocycles. The molecule has 0 aromatic carbocycles. The molecule has 0 atom stereocenters. The first-order valence-electron chi connectivity index (χ1n) is 3.12. The van der Waals surface area contributed by atoms with Crippen LogP contribution in [0.1, 0.15) is 0 Å². The fourth-order valence-corrected chi connectivity index (χ4v) is 1.19. The number of carbonyl (C=O) groups is 1. The van der Waals surface area contributed by atoms with Crippen LogP contribution in [0.3, 0.4) is 0 Å². The van der Waals surface area contributed by atoms with Gasteiger partial charge in [-0.3, -0.25) is 10.1 Å². The Hall–Kier alpha value is -0.750. The molecular formula is C5H9N3O2S. The van der Waals surface area contributed by atoms with E-state index in [2.05, 4.69) is 15.6 Å². The molecule has 1 aliphatic heterocycles. The highest BCUT2D eigenvalue weighted by atomic mass is 32.2. The van der Waals surface area contributed by atoms with Crippen LogP contribution in [0.15, 0.2) is 4.99 Å². The molecular weight excluding hydrogens is 166 g/mol. The van der Waals surface area contributed by atoms with E-state index in [-0.39, 0.29) is 5.75 Å². The number of aliphatic imine (C=N–C) groups is 1. The van der Waals surface area contributed by atoms with Gasteiger partial charge >= 0.3 is 5.97 Å². The molecule has 5 nitrogen and oxygen atoms in total. The van der Waals surface area contributed by atoms with Crippen LogP contribution in [0.2, 0.25) is 0 Å². The SMILES string of the molecule is O=C(O)CSC1=NCNCN1. The minimum absolute atomic E-state index is 0.0613. The molecule has 62 valence electrons. The Balaban J connectivity index is 2.24. The normalized spacial score (nSPS) is 16.9. The molecule has 0 saturated carbocycles. The Morgan fingerprint density at radius 1 is 1.82 bits per heavy atom. The Labute approximate surface area is 68.3 Å². The lowest BCUT2D eigenvalue weighted by molar-refractivity contribution is -0.133. The Kier molecular flexibility index (Phi) is 3.18. The number of hydrogen-bond acceptors (Lipinski definition) is 5. The second-order valence-electron chi connectivity index (χ2n) is 1.91. The summed E-state index contributed by atoms with van der Waals surface area (Å²) in [4.78, 5) is 14.1. The number of amidine groups is 1. The molecule has 0 unspecified atom stereocenters. The van der Waals surface area contributed by atoms with Gasteiger partial charge in [-0.15, -0.1) is 0 Å². The Morgan fingerprint density at radius 2 is 2.64 bits per heavy atom. The molecule has 0 bridgehead atoms. The van der Waals surface area contributed by atoms with Crippen molar-refractivity contribution in [2.45, 2.75) is 0 Å². The molecule has 0 aromatic heterocycles. The van der Waals surface area contributed by atoms with Crippen molar-refractivity contribution < 1.29 is 9.90 Å². The molecule has 3 N–H and O–H groups in total. The van der Waals surface area contributed by atoms with E-state index in [1.807, 2.05) is 0 Å². The number of carboxylic acids is 1. The monoisotopic (exact) mass is 175 g/mol. The van der Waals surface area contributed by atoms with E-state index in [9.17, 15) is 4.79 Å². The minimum atomic E-state index is -0.821. The fourth-order valence-electron chi connectivity index (χ4n) is 0.604. The van der Waals surface area contributed by atoms with Gasteiger partial charge in [0.25, 0.3) is 0 Å². The maximum absolute atomic E-state index is 10.1. The first-order valence-corrected chi connectivity index (χ1v) is 4.11. The third kappa shape index (κ3) is 3.24. The Bertz CT molecular complexity index is 183. The van der Waals surface area contributed by atoms with E-state index >= 15 is 0 Å². The Morgan fingerprint density at radius 3 is 3.18 bits per heavy atom. The average Bonchev–Trinajstić information content (AvgIpc) is 2.03. The highest BCUT2D eigenvalue weighted by Crippen LogP contribution is 2.01. The summed E-state index contributed by atoms with van der Waals surface area (Å²) in [6.45, 7) is 1.22. The van der Waals surface area contributed by atoms with Crippen LogP contribution in [-0.2, 0) is 4.79 Å².